The zero-order valence-electron chi connectivity index (χ0n) is 11.4. The number of para-hydroxylation sites is 1. The molecule has 3 N–H and O–H groups in total. The average molecular weight is 318 g/mol. The Hall–Kier alpha value is -1.48. The summed E-state index contributed by atoms with van der Waals surface area (Å²) in [4.78, 5) is 3.58. The molecule has 2 heterocycles. The van der Waals surface area contributed by atoms with Crippen molar-refractivity contribution in [2.75, 3.05) is 6.54 Å². The van der Waals surface area contributed by atoms with Crippen LogP contribution in [0.4, 0.5) is 0 Å². The largest absolute Gasteiger partial charge is 0.353 e. The topological polar surface area (TPSA) is 32.4 Å². The monoisotopic (exact) mass is 317 g/mol. The fraction of sp³-hybridized carbons (Fsp3) is 0.176. The summed E-state index contributed by atoms with van der Waals surface area (Å²) in [5, 5.41) is 5.08. The Balaban J connectivity index is 1.90. The van der Waals surface area contributed by atoms with Gasteiger partial charge in [0.15, 0.2) is 6.04 Å². The van der Waals surface area contributed by atoms with E-state index in [9.17, 15) is 0 Å². The van der Waals surface area contributed by atoms with Crippen LogP contribution in [0.25, 0.3) is 10.9 Å². The number of nitrogens with one attached hydrogen (secondary N) is 1. The fourth-order valence-corrected chi connectivity index (χ4v) is 3.83. The molecule has 0 amide bonds. The lowest BCUT2D eigenvalue weighted by atomic mass is 9.94. The maximum absolute atomic E-state index is 6.41. The van der Waals surface area contributed by atoms with Gasteiger partial charge in [-0.3, -0.25) is 0 Å². The van der Waals surface area contributed by atoms with Crippen LogP contribution < -0.4 is 5.32 Å². The standard InChI is InChI=1S/C17H14Cl2N2/c18-10-5-6-13(14(19)9-10)16-17-12(7-8-20-16)11-3-1-2-4-15(11)21-17/h1-6,9,16,20-21H,7-8H2/p+1/t16-/m0/s1. The highest BCUT2D eigenvalue weighted by Crippen LogP contribution is 2.34. The predicted octanol–water partition coefficient (Wildman–Crippen LogP) is 3.68. The molecule has 4 rings (SSSR count). The van der Waals surface area contributed by atoms with Crippen LogP contribution in [-0.4, -0.2) is 11.5 Å². The molecule has 0 aliphatic carbocycles. The predicted molar refractivity (Wildman–Crippen MR) is 87.1 cm³/mol. The lowest BCUT2D eigenvalue weighted by Crippen LogP contribution is -2.87. The van der Waals surface area contributed by atoms with Crippen LogP contribution in [0, 0.1) is 0 Å². The first-order valence-corrected chi connectivity index (χ1v) is 7.87. The second-order valence-corrected chi connectivity index (χ2v) is 6.32. The molecular weight excluding hydrogens is 303 g/mol. The summed E-state index contributed by atoms with van der Waals surface area (Å²) in [6.07, 6.45) is 1.08. The molecule has 1 aliphatic rings. The number of halogens is 2. The van der Waals surface area contributed by atoms with Gasteiger partial charge in [0, 0.05) is 27.9 Å². The highest BCUT2D eigenvalue weighted by Gasteiger charge is 2.29. The molecule has 21 heavy (non-hydrogen) atoms. The molecule has 4 heteroatoms. The van der Waals surface area contributed by atoms with Crippen molar-refractivity contribution >= 4 is 34.1 Å². The van der Waals surface area contributed by atoms with Crippen molar-refractivity contribution in [3.8, 4) is 0 Å². The van der Waals surface area contributed by atoms with E-state index in [2.05, 4.69) is 34.6 Å². The number of aromatic nitrogens is 1. The van der Waals surface area contributed by atoms with E-state index in [1.807, 2.05) is 18.2 Å². The highest BCUT2D eigenvalue weighted by molar-refractivity contribution is 6.35. The van der Waals surface area contributed by atoms with E-state index in [1.54, 1.807) is 0 Å². The number of H-pyrrole nitrogens is 1. The van der Waals surface area contributed by atoms with E-state index >= 15 is 0 Å². The maximum atomic E-state index is 6.41. The highest BCUT2D eigenvalue weighted by atomic mass is 35.5. The van der Waals surface area contributed by atoms with Gasteiger partial charge in [0.25, 0.3) is 0 Å². The summed E-state index contributed by atoms with van der Waals surface area (Å²) in [6, 6.07) is 14.5. The number of nitrogens with two attached hydrogens (primary N) is 1. The van der Waals surface area contributed by atoms with Gasteiger partial charge in [0.2, 0.25) is 0 Å². The maximum Gasteiger partial charge on any atom is 0.154 e. The summed E-state index contributed by atoms with van der Waals surface area (Å²) in [7, 11) is 0. The summed E-state index contributed by atoms with van der Waals surface area (Å²) in [6.45, 7) is 1.07. The minimum Gasteiger partial charge on any atom is -0.353 e. The number of hydrogen-bond donors (Lipinski definition) is 2. The van der Waals surface area contributed by atoms with E-state index < -0.39 is 0 Å². The zero-order valence-corrected chi connectivity index (χ0v) is 12.9. The van der Waals surface area contributed by atoms with Crippen LogP contribution >= 0.6 is 23.2 Å². The molecular formula is C17H15Cl2N2+. The van der Waals surface area contributed by atoms with Crippen LogP contribution in [0.15, 0.2) is 42.5 Å². The van der Waals surface area contributed by atoms with Gasteiger partial charge < -0.3 is 10.3 Å². The van der Waals surface area contributed by atoms with Gasteiger partial charge in [-0.05, 0) is 29.8 Å². The molecule has 0 saturated carbocycles. The van der Waals surface area contributed by atoms with Gasteiger partial charge in [-0.25, -0.2) is 0 Å². The zero-order chi connectivity index (χ0) is 14.4. The molecule has 0 spiro atoms. The number of benzene rings is 2. The van der Waals surface area contributed by atoms with Crippen molar-refractivity contribution in [1.29, 1.82) is 0 Å². The molecule has 3 aromatic rings. The molecule has 0 saturated heterocycles. The van der Waals surface area contributed by atoms with Gasteiger partial charge in [-0.1, -0.05) is 41.4 Å². The summed E-state index contributed by atoms with van der Waals surface area (Å²) in [5.74, 6) is 0. The van der Waals surface area contributed by atoms with Crippen molar-refractivity contribution in [3.05, 3.63) is 69.3 Å². The Morgan fingerprint density at radius 1 is 1.10 bits per heavy atom. The molecule has 0 fully saturated rings. The molecule has 0 bridgehead atoms. The quantitative estimate of drug-likeness (QED) is 0.686. The number of aromatic amines is 1. The van der Waals surface area contributed by atoms with Crippen LogP contribution in [0.1, 0.15) is 22.9 Å². The lowest BCUT2D eigenvalue weighted by molar-refractivity contribution is -0.690. The molecule has 2 nitrogen and oxygen atoms in total. The number of fused-ring (bicyclic) bond motifs is 3. The Morgan fingerprint density at radius 2 is 1.95 bits per heavy atom. The molecule has 0 radical (unpaired) electrons. The van der Waals surface area contributed by atoms with Crippen molar-refractivity contribution in [2.24, 2.45) is 0 Å². The lowest BCUT2D eigenvalue weighted by Gasteiger charge is -2.22. The Labute approximate surface area is 133 Å². The fourth-order valence-electron chi connectivity index (χ4n) is 3.30. The van der Waals surface area contributed by atoms with Crippen LogP contribution in [-0.2, 0) is 6.42 Å². The van der Waals surface area contributed by atoms with Crippen LogP contribution in [0.2, 0.25) is 10.0 Å². The first-order valence-electron chi connectivity index (χ1n) is 7.12. The molecule has 1 atom stereocenters. The molecule has 1 aliphatic heterocycles. The van der Waals surface area contributed by atoms with E-state index in [-0.39, 0.29) is 6.04 Å². The van der Waals surface area contributed by atoms with Crippen molar-refractivity contribution in [3.63, 3.8) is 0 Å². The second kappa shape index (κ2) is 5.06. The average Bonchev–Trinajstić information content (AvgIpc) is 2.86. The summed E-state index contributed by atoms with van der Waals surface area (Å²) in [5.41, 5.74) is 5.01. The minimum absolute atomic E-state index is 0.214. The Bertz CT molecular complexity index is 823. The molecule has 2 aromatic carbocycles. The van der Waals surface area contributed by atoms with Gasteiger partial charge in [0.05, 0.1) is 17.3 Å². The molecule has 0 unspecified atom stereocenters. The van der Waals surface area contributed by atoms with Crippen molar-refractivity contribution < 1.29 is 5.32 Å². The van der Waals surface area contributed by atoms with Gasteiger partial charge in [-0.2, -0.15) is 0 Å². The molecule has 1 aromatic heterocycles. The minimum atomic E-state index is 0.214. The van der Waals surface area contributed by atoms with Gasteiger partial charge in [0.1, 0.15) is 0 Å². The van der Waals surface area contributed by atoms with Crippen molar-refractivity contribution in [1.82, 2.24) is 4.98 Å². The van der Waals surface area contributed by atoms with Crippen LogP contribution in [0.3, 0.4) is 0 Å². The van der Waals surface area contributed by atoms with Gasteiger partial charge in [-0.15, -0.1) is 0 Å². The van der Waals surface area contributed by atoms with Crippen molar-refractivity contribution in [2.45, 2.75) is 12.5 Å². The van der Waals surface area contributed by atoms with E-state index in [1.165, 1.54) is 22.2 Å². The second-order valence-electron chi connectivity index (χ2n) is 5.48. The third-order valence-corrected chi connectivity index (χ3v) is 4.81. The number of quaternary nitrogens is 1. The SMILES string of the molecule is Clc1ccc([C@@H]2[NH2+]CCc3c2[nH]c2ccccc32)c(Cl)c1. The van der Waals surface area contributed by atoms with E-state index in [0.29, 0.717) is 5.02 Å². The molecule has 106 valence electrons. The van der Waals surface area contributed by atoms with Gasteiger partial charge >= 0.3 is 0 Å². The Kier molecular flexibility index (Phi) is 3.18. The number of hydrogen-bond acceptors (Lipinski definition) is 0. The first kappa shape index (κ1) is 13.2. The first-order chi connectivity index (χ1) is 10.2. The smallest absolute Gasteiger partial charge is 0.154 e. The Morgan fingerprint density at radius 3 is 2.81 bits per heavy atom. The van der Waals surface area contributed by atoms with E-state index in [4.69, 9.17) is 23.2 Å². The van der Waals surface area contributed by atoms with Crippen LogP contribution in [0.5, 0.6) is 0 Å². The van der Waals surface area contributed by atoms with E-state index in [0.717, 1.165) is 23.6 Å². The summed E-state index contributed by atoms with van der Waals surface area (Å²) >= 11 is 12.4. The summed E-state index contributed by atoms with van der Waals surface area (Å²) < 4.78 is 0. The normalized spacial score (nSPS) is 17.9. The third kappa shape index (κ3) is 2.15. The number of rotatable bonds is 1. The third-order valence-electron chi connectivity index (χ3n) is 4.25.